The molecule has 2 aromatic heterocycles. The van der Waals surface area contributed by atoms with Crippen LogP contribution in [0.25, 0.3) is 11.2 Å². The molecule has 0 fully saturated rings. The summed E-state index contributed by atoms with van der Waals surface area (Å²) in [6.45, 7) is 0.397. The van der Waals surface area contributed by atoms with Gasteiger partial charge >= 0.3 is 5.69 Å². The fourth-order valence-corrected chi connectivity index (χ4v) is 3.78. The molecule has 10 heteroatoms. The van der Waals surface area contributed by atoms with Crippen molar-refractivity contribution in [1.29, 1.82) is 0 Å². The first-order valence-electron chi connectivity index (χ1n) is 9.96. The Kier molecular flexibility index (Phi) is 4.69. The highest BCUT2D eigenvalue weighted by Crippen LogP contribution is 2.32. The number of aryl methyl sites for hydroxylation is 2. The molecule has 4 aromatic rings. The number of rotatable bonds is 5. The van der Waals surface area contributed by atoms with Crippen LogP contribution >= 0.6 is 0 Å². The number of hydrogen-bond acceptors (Lipinski definition) is 6. The van der Waals surface area contributed by atoms with Crippen LogP contribution in [0, 0.1) is 5.82 Å². The molecule has 0 aliphatic carbocycles. The molecule has 0 unspecified atom stereocenters. The van der Waals surface area contributed by atoms with Crippen LogP contribution in [-0.4, -0.2) is 25.5 Å². The standard InChI is InChI=1S/C22H20FN5O4/c1-26-18-19(25-21(26)24-10-14-5-3-4-6-15(14)23)27(2)22(30)28(20(18)29)11-13-7-8-16-17(9-13)32-12-31-16/h3-9H,10-12H2,1-2H3,(H,24,25). The zero-order chi connectivity index (χ0) is 22.4. The fourth-order valence-electron chi connectivity index (χ4n) is 3.78. The first kappa shape index (κ1) is 19.9. The number of hydrogen-bond donors (Lipinski definition) is 1. The lowest BCUT2D eigenvalue weighted by atomic mass is 10.2. The van der Waals surface area contributed by atoms with E-state index >= 15 is 0 Å². The monoisotopic (exact) mass is 437 g/mol. The van der Waals surface area contributed by atoms with Crippen molar-refractivity contribution < 1.29 is 13.9 Å². The Morgan fingerprint density at radius 1 is 1.06 bits per heavy atom. The van der Waals surface area contributed by atoms with Gasteiger partial charge in [-0.1, -0.05) is 24.3 Å². The molecule has 0 saturated heterocycles. The van der Waals surface area contributed by atoms with Gasteiger partial charge in [-0.3, -0.25) is 13.9 Å². The van der Waals surface area contributed by atoms with Crippen LogP contribution in [0.2, 0.25) is 0 Å². The van der Waals surface area contributed by atoms with E-state index in [1.54, 1.807) is 55.1 Å². The largest absolute Gasteiger partial charge is 0.454 e. The summed E-state index contributed by atoms with van der Waals surface area (Å²) in [6, 6.07) is 11.7. The van der Waals surface area contributed by atoms with Crippen LogP contribution in [0.3, 0.4) is 0 Å². The van der Waals surface area contributed by atoms with Crippen LogP contribution in [-0.2, 0) is 27.2 Å². The van der Waals surface area contributed by atoms with Crippen LogP contribution < -0.4 is 26.0 Å². The molecule has 32 heavy (non-hydrogen) atoms. The van der Waals surface area contributed by atoms with Crippen LogP contribution in [0.4, 0.5) is 10.3 Å². The summed E-state index contributed by atoms with van der Waals surface area (Å²) >= 11 is 0. The Balaban J connectivity index is 1.53. The minimum atomic E-state index is -0.487. The summed E-state index contributed by atoms with van der Waals surface area (Å²) in [5.74, 6) is 1.23. The van der Waals surface area contributed by atoms with E-state index in [9.17, 15) is 14.0 Å². The Morgan fingerprint density at radius 2 is 1.84 bits per heavy atom. The zero-order valence-corrected chi connectivity index (χ0v) is 17.5. The molecular weight excluding hydrogens is 417 g/mol. The number of anilines is 1. The van der Waals surface area contributed by atoms with Crippen molar-refractivity contribution in [1.82, 2.24) is 18.7 Å². The van der Waals surface area contributed by atoms with Gasteiger partial charge in [0, 0.05) is 26.2 Å². The number of halogens is 1. The number of imidazole rings is 1. The number of nitrogens with zero attached hydrogens (tertiary/aromatic N) is 4. The van der Waals surface area contributed by atoms with Crippen molar-refractivity contribution in [3.63, 3.8) is 0 Å². The molecule has 0 amide bonds. The predicted molar refractivity (Wildman–Crippen MR) is 116 cm³/mol. The quantitative estimate of drug-likeness (QED) is 0.513. The second kappa shape index (κ2) is 7.56. The SMILES string of the molecule is Cn1c(NCc2ccccc2F)nc2c1c(=O)n(Cc1ccc3c(c1)OCO3)c(=O)n2C. The van der Waals surface area contributed by atoms with Gasteiger partial charge in [0.2, 0.25) is 12.7 Å². The zero-order valence-electron chi connectivity index (χ0n) is 17.5. The highest BCUT2D eigenvalue weighted by atomic mass is 19.1. The first-order valence-corrected chi connectivity index (χ1v) is 9.96. The lowest BCUT2D eigenvalue weighted by Crippen LogP contribution is -2.39. The molecule has 0 bridgehead atoms. The molecule has 9 nitrogen and oxygen atoms in total. The second-order valence-electron chi connectivity index (χ2n) is 7.53. The van der Waals surface area contributed by atoms with Gasteiger partial charge in [0.1, 0.15) is 5.82 Å². The molecule has 0 spiro atoms. The third-order valence-electron chi connectivity index (χ3n) is 5.53. The first-order chi connectivity index (χ1) is 15.4. The topological polar surface area (TPSA) is 92.3 Å². The van der Waals surface area contributed by atoms with Gasteiger partial charge < -0.3 is 19.4 Å². The number of aromatic nitrogens is 4. The maximum absolute atomic E-state index is 13.9. The summed E-state index contributed by atoms with van der Waals surface area (Å²) in [4.78, 5) is 30.6. The molecule has 164 valence electrons. The van der Waals surface area contributed by atoms with E-state index in [1.807, 2.05) is 0 Å². The Bertz CT molecular complexity index is 1470. The van der Waals surface area contributed by atoms with Crippen molar-refractivity contribution in [3.05, 3.63) is 80.2 Å². The summed E-state index contributed by atoms with van der Waals surface area (Å²) in [7, 11) is 3.24. The number of ether oxygens (including phenoxy) is 2. The summed E-state index contributed by atoms with van der Waals surface area (Å²) < 4.78 is 28.7. The van der Waals surface area contributed by atoms with Gasteiger partial charge in [-0.2, -0.15) is 4.98 Å². The highest BCUT2D eigenvalue weighted by Gasteiger charge is 2.20. The average Bonchev–Trinajstić information content (AvgIpc) is 3.38. The molecule has 2 aromatic carbocycles. The lowest BCUT2D eigenvalue weighted by molar-refractivity contribution is 0.174. The molecule has 5 rings (SSSR count). The summed E-state index contributed by atoms with van der Waals surface area (Å²) in [6.07, 6.45) is 0. The van der Waals surface area contributed by atoms with Gasteiger partial charge in [-0.05, 0) is 23.8 Å². The van der Waals surface area contributed by atoms with E-state index in [0.717, 1.165) is 10.1 Å². The average molecular weight is 437 g/mol. The van der Waals surface area contributed by atoms with Gasteiger partial charge in [0.25, 0.3) is 5.56 Å². The maximum Gasteiger partial charge on any atom is 0.332 e. The van der Waals surface area contributed by atoms with E-state index < -0.39 is 11.2 Å². The molecule has 1 N–H and O–H groups in total. The number of nitrogens with one attached hydrogen (secondary N) is 1. The van der Waals surface area contributed by atoms with E-state index in [-0.39, 0.29) is 36.9 Å². The van der Waals surface area contributed by atoms with Gasteiger partial charge in [-0.15, -0.1) is 0 Å². The van der Waals surface area contributed by atoms with Crippen molar-refractivity contribution in [3.8, 4) is 11.5 Å². The molecule has 0 atom stereocenters. The maximum atomic E-state index is 13.9. The van der Waals surface area contributed by atoms with Crippen LogP contribution in [0.5, 0.6) is 11.5 Å². The smallest absolute Gasteiger partial charge is 0.332 e. The van der Waals surface area contributed by atoms with Crippen LogP contribution in [0.15, 0.2) is 52.1 Å². The van der Waals surface area contributed by atoms with E-state index in [1.165, 1.54) is 10.6 Å². The second-order valence-corrected chi connectivity index (χ2v) is 7.53. The summed E-state index contributed by atoms with van der Waals surface area (Å²) in [5.41, 5.74) is 0.763. The van der Waals surface area contributed by atoms with E-state index in [0.29, 0.717) is 23.0 Å². The van der Waals surface area contributed by atoms with Crippen molar-refractivity contribution in [2.24, 2.45) is 14.1 Å². The van der Waals surface area contributed by atoms with Crippen molar-refractivity contribution >= 4 is 17.1 Å². The molecule has 3 heterocycles. The highest BCUT2D eigenvalue weighted by molar-refractivity contribution is 5.74. The van der Waals surface area contributed by atoms with E-state index in [2.05, 4.69) is 10.3 Å². The molecule has 1 aliphatic rings. The van der Waals surface area contributed by atoms with Crippen LogP contribution in [0.1, 0.15) is 11.1 Å². The van der Waals surface area contributed by atoms with Gasteiger partial charge in [0.05, 0.1) is 6.54 Å². The van der Waals surface area contributed by atoms with Crippen molar-refractivity contribution in [2.75, 3.05) is 12.1 Å². The lowest BCUT2D eigenvalue weighted by Gasteiger charge is -2.09. The van der Waals surface area contributed by atoms with Crippen molar-refractivity contribution in [2.45, 2.75) is 13.1 Å². The molecule has 0 radical (unpaired) electrons. The Hall–Kier alpha value is -4.08. The number of fused-ring (bicyclic) bond motifs is 2. The summed E-state index contributed by atoms with van der Waals surface area (Å²) in [5, 5.41) is 3.05. The predicted octanol–water partition coefficient (Wildman–Crippen LogP) is 1.96. The minimum absolute atomic E-state index is 0.0707. The Labute approximate surface area is 181 Å². The normalized spacial score (nSPS) is 12.5. The molecule has 0 saturated carbocycles. The van der Waals surface area contributed by atoms with Gasteiger partial charge in [-0.25, -0.2) is 9.18 Å². The fraction of sp³-hybridized carbons (Fsp3) is 0.227. The number of benzene rings is 2. The third-order valence-corrected chi connectivity index (χ3v) is 5.53. The Morgan fingerprint density at radius 3 is 2.66 bits per heavy atom. The minimum Gasteiger partial charge on any atom is -0.454 e. The molecule has 1 aliphatic heterocycles. The third kappa shape index (κ3) is 3.20. The molecular formula is C22H20FN5O4. The van der Waals surface area contributed by atoms with Gasteiger partial charge in [0.15, 0.2) is 22.7 Å². The van der Waals surface area contributed by atoms with E-state index in [4.69, 9.17) is 9.47 Å².